The fraction of sp³-hybridized carbons (Fsp3) is 0.667. The maximum absolute atomic E-state index is 12.7. The minimum atomic E-state index is -0.728. The first-order valence-corrected chi connectivity index (χ1v) is 8.46. The van der Waals surface area contributed by atoms with E-state index in [0.717, 1.165) is 31.2 Å². The van der Waals surface area contributed by atoms with Gasteiger partial charge in [0.2, 0.25) is 5.88 Å². The van der Waals surface area contributed by atoms with Crippen LogP contribution in [0.2, 0.25) is 0 Å². The van der Waals surface area contributed by atoms with Gasteiger partial charge in [-0.1, -0.05) is 6.92 Å². The Morgan fingerprint density at radius 2 is 2.04 bits per heavy atom. The first kappa shape index (κ1) is 18.7. The van der Waals surface area contributed by atoms with Crippen molar-refractivity contribution in [3.63, 3.8) is 0 Å². The highest BCUT2D eigenvalue weighted by Crippen LogP contribution is 2.35. The predicted octanol–water partition coefficient (Wildman–Crippen LogP) is 2.95. The second-order valence-electron chi connectivity index (χ2n) is 6.52. The second kappa shape index (κ2) is 8.44. The molecule has 1 aliphatic carbocycles. The standard InChI is InChI=1S/C18H28N2O4/c1-13-5-7-18(23-4,8-6-13)17(21)20-15-11-14(2)16(19-12-15)24-10-9-22-3/h11-13H,5-10H2,1-4H3,(H,20,21). The number of aromatic nitrogens is 1. The number of amides is 1. The zero-order chi connectivity index (χ0) is 17.6. The predicted molar refractivity (Wildman–Crippen MR) is 92.3 cm³/mol. The smallest absolute Gasteiger partial charge is 0.256 e. The third-order valence-corrected chi connectivity index (χ3v) is 4.70. The third kappa shape index (κ3) is 4.45. The Balaban J connectivity index is 2.01. The minimum absolute atomic E-state index is 0.0915. The molecule has 1 heterocycles. The van der Waals surface area contributed by atoms with Gasteiger partial charge in [0.15, 0.2) is 0 Å². The Hall–Kier alpha value is -1.66. The lowest BCUT2D eigenvalue weighted by Crippen LogP contribution is -2.47. The zero-order valence-electron chi connectivity index (χ0n) is 15.1. The van der Waals surface area contributed by atoms with Crippen molar-refractivity contribution in [1.29, 1.82) is 0 Å². The van der Waals surface area contributed by atoms with Crippen LogP contribution in [0.1, 0.15) is 38.2 Å². The summed E-state index contributed by atoms with van der Waals surface area (Å²) in [5.41, 5.74) is 0.799. The van der Waals surface area contributed by atoms with E-state index in [4.69, 9.17) is 14.2 Å². The van der Waals surface area contributed by atoms with Crippen molar-refractivity contribution in [1.82, 2.24) is 4.98 Å². The van der Waals surface area contributed by atoms with Gasteiger partial charge in [0, 0.05) is 19.8 Å². The normalized spacial score (nSPS) is 23.8. The van der Waals surface area contributed by atoms with Crippen LogP contribution in [0.3, 0.4) is 0 Å². The number of hydrogen-bond acceptors (Lipinski definition) is 5. The highest BCUT2D eigenvalue weighted by Gasteiger charge is 2.41. The Morgan fingerprint density at radius 3 is 2.62 bits per heavy atom. The van der Waals surface area contributed by atoms with Crippen LogP contribution < -0.4 is 10.1 Å². The van der Waals surface area contributed by atoms with Crippen LogP contribution in [0.25, 0.3) is 0 Å². The van der Waals surface area contributed by atoms with Gasteiger partial charge in [0.25, 0.3) is 5.91 Å². The summed E-state index contributed by atoms with van der Waals surface area (Å²) in [6.45, 7) is 5.07. The molecule has 6 heteroatoms. The van der Waals surface area contributed by atoms with Crippen molar-refractivity contribution in [2.75, 3.05) is 32.8 Å². The Labute approximate surface area is 143 Å². The molecule has 0 aliphatic heterocycles. The van der Waals surface area contributed by atoms with E-state index in [1.807, 2.05) is 13.0 Å². The van der Waals surface area contributed by atoms with Gasteiger partial charge in [-0.2, -0.15) is 0 Å². The van der Waals surface area contributed by atoms with Gasteiger partial charge in [-0.3, -0.25) is 4.79 Å². The van der Waals surface area contributed by atoms with Crippen molar-refractivity contribution in [3.05, 3.63) is 17.8 Å². The number of rotatable bonds is 7. The van der Waals surface area contributed by atoms with Crippen molar-refractivity contribution in [2.45, 2.75) is 45.1 Å². The molecule has 1 N–H and O–H groups in total. The number of anilines is 1. The number of nitrogens with one attached hydrogen (secondary N) is 1. The molecule has 24 heavy (non-hydrogen) atoms. The first-order chi connectivity index (χ1) is 11.5. The third-order valence-electron chi connectivity index (χ3n) is 4.70. The topological polar surface area (TPSA) is 69.7 Å². The molecule has 134 valence electrons. The highest BCUT2D eigenvalue weighted by atomic mass is 16.5. The van der Waals surface area contributed by atoms with Crippen LogP contribution in [0.5, 0.6) is 5.88 Å². The minimum Gasteiger partial charge on any atom is -0.475 e. The van der Waals surface area contributed by atoms with E-state index < -0.39 is 5.60 Å². The van der Waals surface area contributed by atoms with Crippen LogP contribution in [-0.4, -0.2) is 43.9 Å². The lowest BCUT2D eigenvalue weighted by Gasteiger charge is -2.36. The van der Waals surface area contributed by atoms with E-state index >= 15 is 0 Å². The Morgan fingerprint density at radius 1 is 1.33 bits per heavy atom. The average Bonchev–Trinajstić information content (AvgIpc) is 2.58. The van der Waals surface area contributed by atoms with Crippen molar-refractivity contribution >= 4 is 11.6 Å². The molecule has 1 aromatic rings. The van der Waals surface area contributed by atoms with Gasteiger partial charge in [-0.15, -0.1) is 0 Å². The van der Waals surface area contributed by atoms with E-state index in [2.05, 4.69) is 17.2 Å². The molecule has 0 bridgehead atoms. The fourth-order valence-corrected chi connectivity index (χ4v) is 3.00. The second-order valence-corrected chi connectivity index (χ2v) is 6.52. The highest BCUT2D eigenvalue weighted by molar-refractivity contribution is 5.97. The van der Waals surface area contributed by atoms with Crippen molar-refractivity contribution in [3.8, 4) is 5.88 Å². The molecule has 0 spiro atoms. The SMILES string of the molecule is COCCOc1ncc(NC(=O)C2(OC)CCC(C)CC2)cc1C. The molecule has 1 saturated carbocycles. The molecule has 0 saturated heterocycles. The summed E-state index contributed by atoms with van der Waals surface area (Å²) in [5.74, 6) is 1.11. The number of carbonyl (C=O) groups is 1. The molecule has 1 fully saturated rings. The average molecular weight is 336 g/mol. The van der Waals surface area contributed by atoms with Crippen LogP contribution in [0.15, 0.2) is 12.3 Å². The van der Waals surface area contributed by atoms with E-state index in [9.17, 15) is 4.79 Å². The van der Waals surface area contributed by atoms with E-state index in [1.54, 1.807) is 20.4 Å². The van der Waals surface area contributed by atoms with Crippen LogP contribution in [0, 0.1) is 12.8 Å². The van der Waals surface area contributed by atoms with Crippen LogP contribution in [-0.2, 0) is 14.3 Å². The van der Waals surface area contributed by atoms with Crippen molar-refractivity contribution in [2.24, 2.45) is 5.92 Å². The summed E-state index contributed by atoms with van der Waals surface area (Å²) in [5, 5.41) is 2.95. The van der Waals surface area contributed by atoms with Gasteiger partial charge in [-0.05, 0) is 44.6 Å². The number of hydrogen-bond donors (Lipinski definition) is 1. The summed E-state index contributed by atoms with van der Waals surface area (Å²) in [6, 6.07) is 1.86. The monoisotopic (exact) mass is 336 g/mol. The Bertz CT molecular complexity index is 554. The molecule has 2 rings (SSSR count). The van der Waals surface area contributed by atoms with Gasteiger partial charge in [-0.25, -0.2) is 4.98 Å². The molecular weight excluding hydrogens is 308 g/mol. The maximum atomic E-state index is 12.7. The lowest BCUT2D eigenvalue weighted by atomic mass is 9.79. The number of methoxy groups -OCH3 is 2. The largest absolute Gasteiger partial charge is 0.475 e. The molecule has 0 aromatic carbocycles. The maximum Gasteiger partial charge on any atom is 0.256 e. The van der Waals surface area contributed by atoms with E-state index in [0.29, 0.717) is 30.7 Å². The first-order valence-electron chi connectivity index (χ1n) is 8.46. The van der Waals surface area contributed by atoms with Crippen molar-refractivity contribution < 1.29 is 19.0 Å². The van der Waals surface area contributed by atoms with Gasteiger partial charge in [0.1, 0.15) is 12.2 Å². The summed E-state index contributed by atoms with van der Waals surface area (Å²) in [4.78, 5) is 17.0. The number of nitrogens with zero attached hydrogens (tertiary/aromatic N) is 1. The summed E-state index contributed by atoms with van der Waals surface area (Å²) < 4.78 is 16.1. The fourth-order valence-electron chi connectivity index (χ4n) is 3.00. The molecule has 0 atom stereocenters. The number of carbonyl (C=O) groups excluding carboxylic acids is 1. The lowest BCUT2D eigenvalue weighted by molar-refractivity contribution is -0.142. The van der Waals surface area contributed by atoms with Crippen LogP contribution >= 0.6 is 0 Å². The Kier molecular flexibility index (Phi) is 6.57. The molecule has 1 amide bonds. The summed E-state index contributed by atoms with van der Waals surface area (Å²) in [7, 11) is 3.24. The molecule has 1 aromatic heterocycles. The molecular formula is C18H28N2O4. The van der Waals surface area contributed by atoms with Crippen LogP contribution in [0.4, 0.5) is 5.69 Å². The van der Waals surface area contributed by atoms with E-state index in [1.165, 1.54) is 0 Å². The summed E-state index contributed by atoms with van der Waals surface area (Å²) in [6.07, 6.45) is 5.12. The number of aryl methyl sites for hydroxylation is 1. The number of pyridine rings is 1. The zero-order valence-corrected chi connectivity index (χ0v) is 15.1. The quantitative estimate of drug-likeness (QED) is 0.775. The summed E-state index contributed by atoms with van der Waals surface area (Å²) >= 11 is 0. The van der Waals surface area contributed by atoms with Gasteiger partial charge in [0.05, 0.1) is 18.5 Å². The molecule has 0 unspecified atom stereocenters. The van der Waals surface area contributed by atoms with E-state index in [-0.39, 0.29) is 5.91 Å². The molecule has 6 nitrogen and oxygen atoms in total. The number of ether oxygens (including phenoxy) is 3. The molecule has 1 aliphatic rings. The van der Waals surface area contributed by atoms with Gasteiger partial charge >= 0.3 is 0 Å². The van der Waals surface area contributed by atoms with Gasteiger partial charge < -0.3 is 19.5 Å². The molecule has 0 radical (unpaired) electrons.